The molecule has 0 spiro atoms. The van der Waals surface area contributed by atoms with Gasteiger partial charge < -0.3 is 4.52 Å². The molecule has 0 aromatic carbocycles. The van der Waals surface area contributed by atoms with Gasteiger partial charge in [-0.25, -0.2) is 9.36 Å². The molecule has 0 fully saturated rings. The van der Waals surface area contributed by atoms with Crippen molar-refractivity contribution in [2.45, 2.75) is 40.2 Å². The number of nitrogens with zero attached hydrogens (tertiary/aromatic N) is 2. The van der Waals surface area contributed by atoms with Gasteiger partial charge in [0.05, 0.1) is 11.7 Å². The number of amides is 1. The van der Waals surface area contributed by atoms with Crippen molar-refractivity contribution in [3.05, 3.63) is 12.2 Å². The minimum Gasteiger partial charge on any atom is -0.380 e. The maximum Gasteiger partial charge on any atom is 0.529 e. The summed E-state index contributed by atoms with van der Waals surface area (Å²) in [4.78, 5) is 21.7. The van der Waals surface area contributed by atoms with Crippen LogP contribution in [0, 0.1) is 5.92 Å². The Labute approximate surface area is 125 Å². The molecule has 1 heterocycles. The molecule has 120 valence electrons. The Bertz CT molecular complexity index is 521. The molecule has 2 atom stereocenters. The van der Waals surface area contributed by atoms with Crippen LogP contribution in [0.4, 0.5) is 0 Å². The van der Waals surface area contributed by atoms with Crippen molar-refractivity contribution in [2.75, 3.05) is 13.6 Å². The normalized spacial score (nSPS) is 25.7. The van der Waals surface area contributed by atoms with Crippen LogP contribution in [-0.2, 0) is 18.4 Å². The van der Waals surface area contributed by atoms with Gasteiger partial charge in [-0.1, -0.05) is 13.8 Å². The quantitative estimate of drug-likeness (QED) is 0.635. The van der Waals surface area contributed by atoms with Crippen LogP contribution in [0.15, 0.2) is 17.3 Å². The van der Waals surface area contributed by atoms with Crippen LogP contribution in [0.1, 0.15) is 34.6 Å². The number of carbonyl (C=O) groups is 1. The molecule has 1 amide bonds. The predicted molar refractivity (Wildman–Crippen MR) is 79.2 cm³/mol. The van der Waals surface area contributed by atoms with Crippen molar-refractivity contribution in [3.8, 4) is 0 Å². The molecule has 1 aliphatic heterocycles. The molecule has 0 aliphatic carbocycles. The van der Waals surface area contributed by atoms with Crippen LogP contribution < -0.4 is 0 Å². The standard InChI is InChI=1S/C13H23N2O5P/c1-10(2)9-15(6)12(16)8-7-11(14-15)19-21(17,18)20-13(3,4)5/h7-8,10H,9H2,1-6H3/p+1. The summed E-state index contributed by atoms with van der Waals surface area (Å²) in [7, 11) is -2.67. The fourth-order valence-electron chi connectivity index (χ4n) is 1.98. The molecule has 0 saturated carbocycles. The summed E-state index contributed by atoms with van der Waals surface area (Å²) in [5, 5.41) is 4.13. The second-order valence-electron chi connectivity index (χ2n) is 6.59. The molecule has 1 N–H and O–H groups in total. The van der Waals surface area contributed by atoms with Gasteiger partial charge in [-0.2, -0.15) is 0 Å². The Hall–Kier alpha value is -1.01. The first-order valence-electron chi connectivity index (χ1n) is 6.74. The van der Waals surface area contributed by atoms with Gasteiger partial charge in [-0.15, -0.1) is 4.59 Å². The molecule has 2 unspecified atom stereocenters. The summed E-state index contributed by atoms with van der Waals surface area (Å²) in [5.41, 5.74) is -0.838. The summed E-state index contributed by atoms with van der Waals surface area (Å²) < 4.78 is 21.6. The van der Waals surface area contributed by atoms with Crippen LogP contribution in [0.2, 0.25) is 0 Å². The number of hydrogen-bond donors (Lipinski definition) is 1. The van der Waals surface area contributed by atoms with Crippen LogP contribution >= 0.6 is 7.82 Å². The molecule has 0 saturated heterocycles. The van der Waals surface area contributed by atoms with Gasteiger partial charge in [-0.3, -0.25) is 9.42 Å². The third-order valence-corrected chi connectivity index (χ3v) is 3.68. The lowest BCUT2D eigenvalue weighted by Crippen LogP contribution is -2.48. The van der Waals surface area contributed by atoms with Gasteiger partial charge in [0.25, 0.3) is 5.90 Å². The molecule has 0 aromatic rings. The average Bonchev–Trinajstić information content (AvgIpc) is 2.17. The van der Waals surface area contributed by atoms with Gasteiger partial charge in [-0.05, 0) is 25.9 Å². The van der Waals surface area contributed by atoms with Crippen molar-refractivity contribution >= 4 is 19.6 Å². The Morgan fingerprint density at radius 2 is 1.95 bits per heavy atom. The number of quaternary nitrogens is 1. The summed E-state index contributed by atoms with van der Waals surface area (Å²) >= 11 is 0. The van der Waals surface area contributed by atoms with Crippen LogP contribution in [0.25, 0.3) is 0 Å². The summed E-state index contributed by atoms with van der Waals surface area (Å²) in [5.74, 6) is -0.0735. The van der Waals surface area contributed by atoms with E-state index in [4.69, 9.17) is 9.05 Å². The highest BCUT2D eigenvalue weighted by Gasteiger charge is 2.38. The van der Waals surface area contributed by atoms with Gasteiger partial charge >= 0.3 is 13.7 Å². The SMILES string of the molecule is CC(C)C[N+]1(C)N=C(OP(=O)(O)OC(C)(C)C)C=CC1=O. The largest absolute Gasteiger partial charge is 0.529 e. The molecular weight excluding hydrogens is 295 g/mol. The van der Waals surface area contributed by atoms with E-state index >= 15 is 0 Å². The highest BCUT2D eigenvalue weighted by molar-refractivity contribution is 7.48. The van der Waals surface area contributed by atoms with Crippen molar-refractivity contribution in [2.24, 2.45) is 11.0 Å². The van der Waals surface area contributed by atoms with E-state index in [9.17, 15) is 14.3 Å². The number of hydrogen-bond acceptors (Lipinski definition) is 5. The first-order chi connectivity index (χ1) is 9.33. The van der Waals surface area contributed by atoms with Crippen molar-refractivity contribution in [1.29, 1.82) is 0 Å². The van der Waals surface area contributed by atoms with Crippen molar-refractivity contribution < 1.29 is 27.9 Å². The Kier molecular flexibility index (Phi) is 5.16. The third kappa shape index (κ3) is 5.71. The van der Waals surface area contributed by atoms with Crippen molar-refractivity contribution in [3.63, 3.8) is 0 Å². The van der Waals surface area contributed by atoms with Crippen molar-refractivity contribution in [1.82, 2.24) is 0 Å². The molecule has 0 radical (unpaired) electrons. The van der Waals surface area contributed by atoms with Crippen LogP contribution in [0.3, 0.4) is 0 Å². The van der Waals surface area contributed by atoms with Gasteiger partial charge in [0, 0.05) is 12.0 Å². The smallest absolute Gasteiger partial charge is 0.380 e. The summed E-state index contributed by atoms with van der Waals surface area (Å²) in [6.07, 6.45) is 2.57. The van der Waals surface area contributed by atoms with Crippen LogP contribution in [0.5, 0.6) is 0 Å². The fourth-order valence-corrected chi connectivity index (χ4v) is 3.04. The molecule has 1 rings (SSSR count). The summed E-state index contributed by atoms with van der Waals surface area (Å²) in [6.45, 7) is 9.31. The Balaban J connectivity index is 2.93. The molecule has 21 heavy (non-hydrogen) atoms. The highest BCUT2D eigenvalue weighted by Crippen LogP contribution is 2.47. The van der Waals surface area contributed by atoms with Gasteiger partial charge in [0.1, 0.15) is 13.6 Å². The average molecular weight is 319 g/mol. The lowest BCUT2D eigenvalue weighted by molar-refractivity contribution is -0.842. The molecule has 0 bridgehead atoms. The monoisotopic (exact) mass is 319 g/mol. The van der Waals surface area contributed by atoms with Crippen LogP contribution in [-0.4, -0.2) is 40.5 Å². The third-order valence-electron chi connectivity index (χ3n) is 2.48. The van der Waals surface area contributed by atoms with E-state index in [0.29, 0.717) is 6.54 Å². The lowest BCUT2D eigenvalue weighted by Gasteiger charge is -2.28. The number of likely N-dealkylation sites (N-methyl/N-ethyl adjacent to an activating group) is 1. The zero-order valence-corrected chi connectivity index (χ0v) is 14.3. The molecule has 0 aromatic heterocycles. The summed E-state index contributed by atoms with van der Waals surface area (Å²) in [6, 6.07) is 0. The topological polar surface area (TPSA) is 85.2 Å². The minimum absolute atomic E-state index is 0.0900. The second-order valence-corrected chi connectivity index (χ2v) is 7.89. The fraction of sp³-hybridized carbons (Fsp3) is 0.692. The van der Waals surface area contributed by atoms with E-state index in [2.05, 4.69) is 5.10 Å². The maximum absolute atomic E-state index is 12.0. The first-order valence-corrected chi connectivity index (χ1v) is 8.24. The number of rotatable bonds is 4. The number of phosphoric ester groups is 1. The Morgan fingerprint density at radius 1 is 1.38 bits per heavy atom. The second kappa shape index (κ2) is 6.01. The van der Waals surface area contributed by atoms with E-state index in [0.717, 1.165) is 0 Å². The van der Waals surface area contributed by atoms with E-state index in [1.165, 1.54) is 12.2 Å². The number of carbonyl (C=O) groups excluding carboxylic acids is 1. The molecule has 8 heteroatoms. The van der Waals surface area contributed by atoms with E-state index < -0.39 is 13.4 Å². The first kappa shape index (κ1) is 18.0. The maximum atomic E-state index is 12.0. The molecular formula is C13H24N2O5P+. The molecule has 1 aliphatic rings. The van der Waals surface area contributed by atoms with E-state index in [1.807, 2.05) is 13.8 Å². The zero-order chi connectivity index (χ0) is 16.5. The van der Waals surface area contributed by atoms with Gasteiger partial charge in [0.2, 0.25) is 0 Å². The molecule has 7 nitrogen and oxygen atoms in total. The zero-order valence-electron chi connectivity index (χ0n) is 13.4. The minimum atomic E-state index is -4.30. The Morgan fingerprint density at radius 3 is 2.43 bits per heavy atom. The van der Waals surface area contributed by atoms with Gasteiger partial charge in [0.15, 0.2) is 0 Å². The van der Waals surface area contributed by atoms with E-state index in [1.54, 1.807) is 27.8 Å². The highest BCUT2D eigenvalue weighted by atomic mass is 31.2. The predicted octanol–water partition coefficient (Wildman–Crippen LogP) is 2.43. The number of phosphoric acid groups is 1. The van der Waals surface area contributed by atoms with E-state index in [-0.39, 0.29) is 22.3 Å². The lowest BCUT2D eigenvalue weighted by atomic mass is 10.2.